The topological polar surface area (TPSA) is 73.9 Å². The minimum Gasteiger partial charge on any atom is -0.379 e. The molecule has 2 N–H and O–H groups in total. The zero-order valence-corrected chi connectivity index (χ0v) is 18.2. The quantitative estimate of drug-likeness (QED) is 0.641. The smallest absolute Gasteiger partial charge is 0.314 e. The van der Waals surface area contributed by atoms with Crippen LogP contribution in [0, 0.1) is 0 Å². The Bertz CT molecular complexity index is 779. The number of hydrogen-bond donors (Lipinski definition) is 2. The fourth-order valence-corrected chi connectivity index (χ4v) is 4.31. The summed E-state index contributed by atoms with van der Waals surface area (Å²) in [5, 5.41) is 7.81. The summed E-state index contributed by atoms with van der Waals surface area (Å²) in [5.41, 5.74) is 1.08. The van der Waals surface area contributed by atoms with Crippen molar-refractivity contribution in [3.8, 4) is 0 Å². The van der Waals surface area contributed by atoms with Crippen LogP contribution in [0.2, 0.25) is 0 Å². The van der Waals surface area contributed by atoms with Gasteiger partial charge in [-0.25, -0.2) is 4.79 Å². The second-order valence-corrected chi connectivity index (χ2v) is 8.28. The van der Waals surface area contributed by atoms with E-state index in [-0.39, 0.29) is 24.4 Å². The first kappa shape index (κ1) is 22.3. The van der Waals surface area contributed by atoms with Crippen molar-refractivity contribution in [1.29, 1.82) is 0 Å². The van der Waals surface area contributed by atoms with Gasteiger partial charge in [0, 0.05) is 51.1 Å². The first-order valence-corrected chi connectivity index (χ1v) is 11.2. The molecule has 2 aromatic rings. The van der Waals surface area contributed by atoms with Gasteiger partial charge in [-0.15, -0.1) is 11.3 Å². The Hall–Kier alpha value is -2.42. The molecule has 3 amide bonds. The van der Waals surface area contributed by atoms with Crippen LogP contribution in [-0.4, -0.2) is 68.2 Å². The zero-order chi connectivity index (χ0) is 21.2. The predicted molar refractivity (Wildman–Crippen MR) is 118 cm³/mol. The molecule has 1 aliphatic rings. The number of hydrogen-bond acceptors (Lipinski definition) is 5. The highest BCUT2D eigenvalue weighted by Gasteiger charge is 2.24. The molecule has 1 aromatic carbocycles. The highest BCUT2D eigenvalue weighted by molar-refractivity contribution is 7.10. The van der Waals surface area contributed by atoms with Gasteiger partial charge in [0.1, 0.15) is 0 Å². The van der Waals surface area contributed by atoms with Gasteiger partial charge in [0.05, 0.1) is 19.3 Å². The Morgan fingerprint density at radius 3 is 2.60 bits per heavy atom. The molecule has 3 rings (SSSR count). The number of benzene rings is 1. The Balaban J connectivity index is 1.39. The van der Waals surface area contributed by atoms with Crippen molar-refractivity contribution in [2.45, 2.75) is 19.0 Å². The van der Waals surface area contributed by atoms with Gasteiger partial charge in [0.15, 0.2) is 0 Å². The molecule has 30 heavy (non-hydrogen) atoms. The lowest BCUT2D eigenvalue weighted by molar-refractivity contribution is -0.130. The fraction of sp³-hybridized carbons (Fsp3) is 0.455. The summed E-state index contributed by atoms with van der Waals surface area (Å²) in [7, 11) is 1.78. The van der Waals surface area contributed by atoms with Crippen molar-refractivity contribution in [3.05, 3.63) is 58.3 Å². The van der Waals surface area contributed by atoms with E-state index >= 15 is 0 Å². The number of rotatable bonds is 9. The van der Waals surface area contributed by atoms with E-state index in [4.69, 9.17) is 4.74 Å². The second kappa shape index (κ2) is 11.7. The second-order valence-electron chi connectivity index (χ2n) is 7.30. The monoisotopic (exact) mass is 430 g/mol. The van der Waals surface area contributed by atoms with Crippen molar-refractivity contribution < 1.29 is 14.3 Å². The van der Waals surface area contributed by atoms with E-state index in [9.17, 15) is 9.59 Å². The van der Waals surface area contributed by atoms with E-state index in [0.717, 1.165) is 18.7 Å². The minimum atomic E-state index is -0.247. The minimum absolute atomic E-state index is 0.00364. The summed E-state index contributed by atoms with van der Waals surface area (Å²) in [6, 6.07) is 13.9. The van der Waals surface area contributed by atoms with E-state index in [1.54, 1.807) is 23.3 Å². The third kappa shape index (κ3) is 6.83. The lowest BCUT2D eigenvalue weighted by atomic mass is 10.2. The number of ether oxygens (including phenoxy) is 1. The van der Waals surface area contributed by atoms with Crippen LogP contribution in [0.25, 0.3) is 0 Å². The maximum atomic E-state index is 12.3. The van der Waals surface area contributed by atoms with Crippen molar-refractivity contribution in [2.75, 3.05) is 46.4 Å². The van der Waals surface area contributed by atoms with Crippen LogP contribution in [0.1, 0.15) is 22.9 Å². The predicted octanol–water partition coefficient (Wildman–Crippen LogP) is 2.47. The number of carbonyl (C=O) groups excluding carboxylic acids is 2. The van der Waals surface area contributed by atoms with Crippen molar-refractivity contribution in [3.63, 3.8) is 0 Å². The Kier molecular flexibility index (Phi) is 8.67. The van der Waals surface area contributed by atoms with E-state index in [1.807, 2.05) is 36.4 Å². The number of amides is 3. The molecule has 1 atom stereocenters. The van der Waals surface area contributed by atoms with E-state index < -0.39 is 0 Å². The van der Waals surface area contributed by atoms with Gasteiger partial charge in [-0.1, -0.05) is 36.4 Å². The number of carbonyl (C=O) groups is 2. The third-order valence-electron chi connectivity index (χ3n) is 5.13. The van der Waals surface area contributed by atoms with Crippen LogP contribution in [-0.2, 0) is 16.1 Å². The molecule has 1 aliphatic heterocycles. The highest BCUT2D eigenvalue weighted by atomic mass is 32.1. The molecule has 0 saturated carbocycles. The average molecular weight is 431 g/mol. The van der Waals surface area contributed by atoms with Crippen LogP contribution in [0.5, 0.6) is 0 Å². The van der Waals surface area contributed by atoms with Gasteiger partial charge in [0.2, 0.25) is 5.91 Å². The average Bonchev–Trinajstić information content (AvgIpc) is 3.30. The standard InChI is InChI=1S/C22H30N4O3S/c1-25(17-18-6-3-2-4-7-18)21(27)9-10-23-22(28)24-16-19(20-8-5-15-30-20)26-11-13-29-14-12-26/h2-8,15,19H,9-14,16-17H2,1H3,(H2,23,24,28). The summed E-state index contributed by atoms with van der Waals surface area (Å²) in [6.07, 6.45) is 0.272. The molecule has 1 aromatic heterocycles. The molecular weight excluding hydrogens is 400 g/mol. The summed E-state index contributed by atoms with van der Waals surface area (Å²) in [6.45, 7) is 4.54. The summed E-state index contributed by atoms with van der Waals surface area (Å²) < 4.78 is 5.45. The normalized spacial score (nSPS) is 15.4. The zero-order valence-electron chi connectivity index (χ0n) is 17.4. The van der Waals surface area contributed by atoms with Crippen LogP contribution in [0.4, 0.5) is 4.79 Å². The SMILES string of the molecule is CN(Cc1ccccc1)C(=O)CCNC(=O)NCC(c1cccs1)N1CCOCC1. The maximum Gasteiger partial charge on any atom is 0.314 e. The molecule has 1 unspecified atom stereocenters. The first-order chi connectivity index (χ1) is 14.6. The molecule has 7 nitrogen and oxygen atoms in total. The van der Waals surface area contributed by atoms with Crippen molar-refractivity contribution in [1.82, 2.24) is 20.4 Å². The Morgan fingerprint density at radius 1 is 1.13 bits per heavy atom. The van der Waals surface area contributed by atoms with E-state index in [1.165, 1.54) is 4.88 Å². The van der Waals surface area contributed by atoms with Crippen LogP contribution in [0.15, 0.2) is 47.8 Å². The van der Waals surface area contributed by atoms with Crippen molar-refractivity contribution in [2.24, 2.45) is 0 Å². The summed E-state index contributed by atoms with van der Waals surface area (Å²) in [4.78, 5) is 29.8. The van der Waals surface area contributed by atoms with Crippen molar-refractivity contribution >= 4 is 23.3 Å². The lowest BCUT2D eigenvalue weighted by Crippen LogP contribution is -2.46. The molecule has 0 aliphatic carbocycles. The first-order valence-electron chi connectivity index (χ1n) is 10.3. The Morgan fingerprint density at radius 2 is 1.90 bits per heavy atom. The molecular formula is C22H30N4O3S. The van der Waals surface area contributed by atoms with Gasteiger partial charge in [0.25, 0.3) is 0 Å². The molecule has 8 heteroatoms. The number of nitrogens with one attached hydrogen (secondary N) is 2. The van der Waals surface area contributed by atoms with Gasteiger partial charge < -0.3 is 20.3 Å². The molecule has 1 fully saturated rings. The van der Waals surface area contributed by atoms with Gasteiger partial charge in [-0.3, -0.25) is 9.69 Å². The van der Waals surface area contributed by atoms with Gasteiger partial charge in [-0.2, -0.15) is 0 Å². The van der Waals surface area contributed by atoms with E-state index in [2.05, 4.69) is 27.0 Å². The van der Waals surface area contributed by atoms with E-state index in [0.29, 0.717) is 32.8 Å². The number of thiophene rings is 1. The molecule has 162 valence electrons. The van der Waals surface area contributed by atoms with Crippen LogP contribution >= 0.6 is 11.3 Å². The number of nitrogens with zero attached hydrogens (tertiary/aromatic N) is 2. The summed E-state index contributed by atoms with van der Waals surface area (Å²) in [5.74, 6) is 0.00364. The molecule has 0 bridgehead atoms. The molecule has 0 spiro atoms. The molecule has 2 heterocycles. The number of urea groups is 1. The van der Waals surface area contributed by atoms with Gasteiger partial charge >= 0.3 is 6.03 Å². The maximum absolute atomic E-state index is 12.3. The summed E-state index contributed by atoms with van der Waals surface area (Å²) >= 11 is 1.70. The molecule has 0 radical (unpaired) electrons. The third-order valence-corrected chi connectivity index (χ3v) is 6.10. The van der Waals surface area contributed by atoms with Crippen LogP contribution < -0.4 is 10.6 Å². The fourth-order valence-electron chi connectivity index (χ4n) is 3.45. The largest absolute Gasteiger partial charge is 0.379 e. The Labute approximate surface area is 182 Å². The number of morpholine rings is 1. The van der Waals surface area contributed by atoms with Gasteiger partial charge in [-0.05, 0) is 17.0 Å². The highest BCUT2D eigenvalue weighted by Crippen LogP contribution is 2.25. The molecule has 1 saturated heterocycles. The lowest BCUT2D eigenvalue weighted by Gasteiger charge is -2.34. The van der Waals surface area contributed by atoms with Crippen LogP contribution in [0.3, 0.4) is 0 Å².